The van der Waals surface area contributed by atoms with Crippen LogP contribution in [0.25, 0.3) is 5.69 Å². The number of para-hydroxylation sites is 1. The molecule has 0 bridgehead atoms. The Morgan fingerprint density at radius 3 is 2.80 bits per heavy atom. The van der Waals surface area contributed by atoms with Crippen LogP contribution in [-0.4, -0.2) is 14.8 Å². The van der Waals surface area contributed by atoms with Crippen LogP contribution >= 0.6 is 27.3 Å². The quantitative estimate of drug-likeness (QED) is 0.768. The van der Waals surface area contributed by atoms with Crippen molar-refractivity contribution in [1.29, 1.82) is 0 Å². The Labute approximate surface area is 129 Å². The molecule has 0 aliphatic carbocycles. The summed E-state index contributed by atoms with van der Waals surface area (Å²) in [6.45, 7) is 1.51. The number of halogens is 1. The monoisotopic (exact) mass is 348 g/mol. The predicted molar refractivity (Wildman–Crippen MR) is 83.9 cm³/mol. The first-order valence-corrected chi connectivity index (χ1v) is 7.88. The molecule has 0 spiro atoms. The highest BCUT2D eigenvalue weighted by atomic mass is 79.9. The fraction of sp³-hybridized carbons (Fsp3) is 0.143. The van der Waals surface area contributed by atoms with E-state index in [-0.39, 0.29) is 0 Å². The number of benzene rings is 1. The first-order valence-electron chi connectivity index (χ1n) is 6.21. The van der Waals surface area contributed by atoms with E-state index in [2.05, 4.69) is 42.9 Å². The summed E-state index contributed by atoms with van der Waals surface area (Å²) >= 11 is 5.17. The molecule has 0 radical (unpaired) electrons. The molecular weight excluding hydrogens is 336 g/mol. The van der Waals surface area contributed by atoms with Gasteiger partial charge in [0, 0.05) is 12.2 Å². The van der Waals surface area contributed by atoms with Gasteiger partial charge in [-0.25, -0.2) is 0 Å². The lowest BCUT2D eigenvalue weighted by molar-refractivity contribution is 0.652. The van der Waals surface area contributed by atoms with Gasteiger partial charge < -0.3 is 5.32 Å². The highest BCUT2D eigenvalue weighted by Crippen LogP contribution is 2.20. The van der Waals surface area contributed by atoms with Gasteiger partial charge in [-0.1, -0.05) is 18.2 Å². The van der Waals surface area contributed by atoms with Crippen LogP contribution in [0.15, 0.2) is 51.9 Å². The maximum absolute atomic E-state index is 4.17. The Balaban J connectivity index is 1.65. The molecule has 0 amide bonds. The molecule has 3 rings (SSSR count). The number of aromatic nitrogens is 3. The molecule has 2 aromatic heterocycles. The Morgan fingerprint density at radius 1 is 1.20 bits per heavy atom. The Bertz CT molecular complexity index is 677. The number of nitrogens with one attached hydrogen (secondary N) is 1. The molecule has 20 heavy (non-hydrogen) atoms. The van der Waals surface area contributed by atoms with E-state index in [4.69, 9.17) is 0 Å². The number of rotatable bonds is 5. The topological polar surface area (TPSA) is 42.7 Å². The minimum absolute atomic E-state index is 0.683. The third kappa shape index (κ3) is 3.15. The van der Waals surface area contributed by atoms with Crippen molar-refractivity contribution in [3.05, 3.63) is 63.3 Å². The van der Waals surface area contributed by atoms with Gasteiger partial charge in [-0.05, 0) is 45.1 Å². The first-order chi connectivity index (χ1) is 9.83. The van der Waals surface area contributed by atoms with Gasteiger partial charge in [0.15, 0.2) is 5.82 Å². The molecule has 0 saturated heterocycles. The van der Waals surface area contributed by atoms with Crippen LogP contribution in [0, 0.1) is 0 Å². The summed E-state index contributed by atoms with van der Waals surface area (Å²) in [6.07, 6.45) is 1.74. The van der Waals surface area contributed by atoms with Crippen LogP contribution in [0.5, 0.6) is 0 Å². The van der Waals surface area contributed by atoms with Crippen LogP contribution < -0.4 is 5.32 Å². The largest absolute Gasteiger partial charge is 0.306 e. The summed E-state index contributed by atoms with van der Waals surface area (Å²) in [5, 5.41) is 13.7. The van der Waals surface area contributed by atoms with E-state index in [1.807, 2.05) is 34.9 Å². The molecule has 1 N–H and O–H groups in total. The highest BCUT2D eigenvalue weighted by molar-refractivity contribution is 9.11. The van der Waals surface area contributed by atoms with E-state index >= 15 is 0 Å². The van der Waals surface area contributed by atoms with E-state index in [0.29, 0.717) is 6.54 Å². The number of hydrogen-bond acceptors (Lipinski definition) is 4. The Morgan fingerprint density at radius 2 is 2.05 bits per heavy atom. The number of thiophene rings is 1. The minimum atomic E-state index is 0.683. The van der Waals surface area contributed by atoms with Crippen molar-refractivity contribution in [3.8, 4) is 5.69 Å². The van der Waals surface area contributed by atoms with Gasteiger partial charge in [-0.15, -0.1) is 21.5 Å². The summed E-state index contributed by atoms with van der Waals surface area (Å²) in [6, 6.07) is 12.2. The van der Waals surface area contributed by atoms with Gasteiger partial charge in [-0.3, -0.25) is 4.57 Å². The third-order valence-corrected chi connectivity index (χ3v) is 4.44. The average molecular weight is 349 g/mol. The maximum Gasteiger partial charge on any atom is 0.151 e. The molecule has 0 unspecified atom stereocenters. The fourth-order valence-electron chi connectivity index (χ4n) is 1.94. The van der Waals surface area contributed by atoms with Crippen molar-refractivity contribution >= 4 is 27.3 Å². The second-order valence-electron chi connectivity index (χ2n) is 4.32. The Kier molecular flexibility index (Phi) is 4.25. The van der Waals surface area contributed by atoms with Crippen molar-refractivity contribution in [2.75, 3.05) is 0 Å². The van der Waals surface area contributed by atoms with Crippen molar-refractivity contribution in [2.45, 2.75) is 13.1 Å². The zero-order valence-corrected chi connectivity index (χ0v) is 13.1. The molecule has 0 fully saturated rings. The van der Waals surface area contributed by atoms with E-state index in [9.17, 15) is 0 Å². The fourth-order valence-corrected chi connectivity index (χ4v) is 3.15. The summed E-state index contributed by atoms with van der Waals surface area (Å²) in [7, 11) is 0. The van der Waals surface area contributed by atoms with Crippen molar-refractivity contribution in [3.63, 3.8) is 0 Å². The highest BCUT2D eigenvalue weighted by Gasteiger charge is 2.05. The molecule has 6 heteroatoms. The zero-order chi connectivity index (χ0) is 13.8. The molecule has 102 valence electrons. The summed E-state index contributed by atoms with van der Waals surface area (Å²) < 4.78 is 3.15. The smallest absolute Gasteiger partial charge is 0.151 e. The first kappa shape index (κ1) is 13.5. The number of hydrogen-bond donors (Lipinski definition) is 1. The molecule has 0 aliphatic heterocycles. The molecule has 1 aromatic carbocycles. The van der Waals surface area contributed by atoms with E-state index in [1.165, 1.54) is 5.56 Å². The summed E-state index contributed by atoms with van der Waals surface area (Å²) in [4.78, 5) is 0. The van der Waals surface area contributed by atoms with Crippen LogP contribution in [0.3, 0.4) is 0 Å². The molecule has 0 atom stereocenters. The Hall–Kier alpha value is -1.50. The number of nitrogens with zero attached hydrogens (tertiary/aromatic N) is 3. The second-order valence-corrected chi connectivity index (χ2v) is 6.61. The van der Waals surface area contributed by atoms with Crippen molar-refractivity contribution in [1.82, 2.24) is 20.1 Å². The normalized spacial score (nSPS) is 10.8. The van der Waals surface area contributed by atoms with E-state index < -0.39 is 0 Å². The van der Waals surface area contributed by atoms with Gasteiger partial charge in [0.25, 0.3) is 0 Å². The maximum atomic E-state index is 4.17. The van der Waals surface area contributed by atoms with E-state index in [1.54, 1.807) is 17.7 Å². The van der Waals surface area contributed by atoms with Gasteiger partial charge in [0.05, 0.1) is 10.3 Å². The molecule has 0 saturated carbocycles. The van der Waals surface area contributed by atoms with Crippen molar-refractivity contribution < 1.29 is 0 Å². The average Bonchev–Trinajstić information content (AvgIpc) is 3.09. The van der Waals surface area contributed by atoms with Gasteiger partial charge >= 0.3 is 0 Å². The molecule has 0 aliphatic rings. The standard InChI is InChI=1S/C14H13BrN4S/c15-13-6-11(9-20-13)7-16-8-14-18-17-10-19(14)12-4-2-1-3-5-12/h1-6,9-10,16H,7-8H2. The van der Waals surface area contributed by atoms with Crippen LogP contribution in [0.1, 0.15) is 11.4 Å². The predicted octanol–water partition coefficient (Wildman–Crippen LogP) is 3.38. The van der Waals surface area contributed by atoms with Crippen molar-refractivity contribution in [2.24, 2.45) is 0 Å². The lowest BCUT2D eigenvalue weighted by atomic mass is 10.3. The van der Waals surface area contributed by atoms with E-state index in [0.717, 1.165) is 21.8 Å². The second kappa shape index (κ2) is 6.30. The third-order valence-electron chi connectivity index (χ3n) is 2.89. The summed E-state index contributed by atoms with van der Waals surface area (Å²) in [5.41, 5.74) is 2.35. The van der Waals surface area contributed by atoms with Gasteiger partial charge in [0.2, 0.25) is 0 Å². The molecular formula is C14H13BrN4S. The molecule has 2 heterocycles. The summed E-state index contributed by atoms with van der Waals surface area (Å²) in [5.74, 6) is 0.908. The van der Waals surface area contributed by atoms with Crippen LogP contribution in [0.2, 0.25) is 0 Å². The molecule has 4 nitrogen and oxygen atoms in total. The van der Waals surface area contributed by atoms with Crippen LogP contribution in [-0.2, 0) is 13.1 Å². The van der Waals surface area contributed by atoms with Gasteiger partial charge in [-0.2, -0.15) is 0 Å². The molecule has 3 aromatic rings. The lowest BCUT2D eigenvalue weighted by Gasteiger charge is -2.07. The van der Waals surface area contributed by atoms with Crippen LogP contribution in [0.4, 0.5) is 0 Å². The SMILES string of the molecule is Brc1cc(CNCc2nncn2-c2ccccc2)cs1. The zero-order valence-electron chi connectivity index (χ0n) is 10.7. The lowest BCUT2D eigenvalue weighted by Crippen LogP contribution is -2.15. The van der Waals surface area contributed by atoms with Gasteiger partial charge in [0.1, 0.15) is 6.33 Å². The minimum Gasteiger partial charge on any atom is -0.306 e.